The third-order valence-corrected chi connectivity index (χ3v) is 5.67. The van der Waals surface area contributed by atoms with E-state index in [2.05, 4.69) is 44.1 Å². The molecule has 0 amide bonds. The number of nitrogens with one attached hydrogen (secondary N) is 1. The van der Waals surface area contributed by atoms with Crippen LogP contribution in [0.4, 0.5) is 5.82 Å². The Morgan fingerprint density at radius 2 is 2.10 bits per heavy atom. The van der Waals surface area contributed by atoms with Crippen molar-refractivity contribution in [1.29, 1.82) is 0 Å². The molecule has 158 valence electrons. The van der Waals surface area contributed by atoms with E-state index in [1.807, 2.05) is 31.5 Å². The molecule has 5 rings (SSSR count). The van der Waals surface area contributed by atoms with Crippen LogP contribution in [0.3, 0.4) is 0 Å². The zero-order valence-electron chi connectivity index (χ0n) is 17.8. The number of H-pyrrole nitrogens is 1. The van der Waals surface area contributed by atoms with Gasteiger partial charge in [-0.15, -0.1) is 0 Å². The van der Waals surface area contributed by atoms with E-state index < -0.39 is 0 Å². The molecule has 1 fully saturated rings. The fraction of sp³-hybridized carbons (Fsp3) is 0.304. The molecule has 0 bridgehead atoms. The third-order valence-electron chi connectivity index (χ3n) is 5.67. The monoisotopic (exact) mass is 416 g/mol. The highest BCUT2D eigenvalue weighted by molar-refractivity contribution is 6.01. The molecule has 0 aliphatic carbocycles. The van der Waals surface area contributed by atoms with E-state index in [0.29, 0.717) is 19.1 Å². The second-order valence-corrected chi connectivity index (χ2v) is 7.72. The third kappa shape index (κ3) is 3.48. The number of methoxy groups -OCH3 is 1. The van der Waals surface area contributed by atoms with Gasteiger partial charge in [0, 0.05) is 41.6 Å². The lowest BCUT2D eigenvalue weighted by molar-refractivity contribution is 0.0986. The van der Waals surface area contributed by atoms with Crippen LogP contribution in [0.1, 0.15) is 12.5 Å². The maximum Gasteiger partial charge on any atom is 0.215 e. The van der Waals surface area contributed by atoms with Crippen LogP contribution in [0.2, 0.25) is 0 Å². The Morgan fingerprint density at radius 1 is 1.19 bits per heavy atom. The van der Waals surface area contributed by atoms with Crippen molar-refractivity contribution in [2.45, 2.75) is 19.9 Å². The van der Waals surface area contributed by atoms with Crippen molar-refractivity contribution in [2.75, 3.05) is 31.8 Å². The van der Waals surface area contributed by atoms with Crippen molar-refractivity contribution in [3.63, 3.8) is 0 Å². The van der Waals surface area contributed by atoms with E-state index in [1.54, 1.807) is 13.3 Å². The molecule has 8 nitrogen and oxygen atoms in total. The van der Waals surface area contributed by atoms with Crippen LogP contribution >= 0.6 is 0 Å². The molecule has 4 aromatic heterocycles. The lowest BCUT2D eigenvalue weighted by Crippen LogP contribution is -2.44. The highest BCUT2D eigenvalue weighted by atomic mass is 16.5. The number of aryl methyl sites for hydroxylation is 1. The number of fused-ring (bicyclic) bond motifs is 1. The van der Waals surface area contributed by atoms with Crippen molar-refractivity contribution < 1.29 is 9.47 Å². The van der Waals surface area contributed by atoms with Crippen LogP contribution in [0.25, 0.3) is 33.4 Å². The Balaban J connectivity index is 1.77. The smallest absolute Gasteiger partial charge is 0.215 e. The van der Waals surface area contributed by atoms with Crippen LogP contribution in [-0.2, 0) is 4.74 Å². The molecule has 0 radical (unpaired) electrons. The van der Waals surface area contributed by atoms with Gasteiger partial charge < -0.3 is 14.4 Å². The number of anilines is 1. The number of hydrogen-bond acceptors (Lipinski definition) is 7. The number of hydrogen-bond donors (Lipinski definition) is 1. The predicted molar refractivity (Wildman–Crippen MR) is 119 cm³/mol. The number of nitrogens with zero attached hydrogens (tertiary/aromatic N) is 5. The molecular formula is C23H24N6O2. The van der Waals surface area contributed by atoms with Gasteiger partial charge in [-0.25, -0.2) is 9.97 Å². The first-order valence-corrected chi connectivity index (χ1v) is 10.3. The predicted octanol–water partition coefficient (Wildman–Crippen LogP) is 3.62. The summed E-state index contributed by atoms with van der Waals surface area (Å²) in [7, 11) is 1.64. The van der Waals surface area contributed by atoms with Crippen LogP contribution < -0.4 is 9.64 Å². The van der Waals surface area contributed by atoms with Crippen molar-refractivity contribution in [3.05, 3.63) is 48.4 Å². The summed E-state index contributed by atoms with van der Waals surface area (Å²) in [5.74, 6) is 1.53. The number of rotatable bonds is 4. The molecule has 1 atom stereocenters. The number of pyridine rings is 3. The summed E-state index contributed by atoms with van der Waals surface area (Å²) >= 11 is 0. The average Bonchev–Trinajstić information content (AvgIpc) is 3.33. The number of ether oxygens (including phenoxy) is 2. The van der Waals surface area contributed by atoms with Gasteiger partial charge in [0.15, 0.2) is 0 Å². The van der Waals surface area contributed by atoms with Gasteiger partial charge in [0.25, 0.3) is 0 Å². The fourth-order valence-electron chi connectivity index (χ4n) is 4.10. The van der Waals surface area contributed by atoms with E-state index in [1.165, 1.54) is 0 Å². The fourth-order valence-corrected chi connectivity index (χ4v) is 4.10. The van der Waals surface area contributed by atoms with E-state index >= 15 is 0 Å². The molecule has 31 heavy (non-hydrogen) atoms. The lowest BCUT2D eigenvalue weighted by Gasteiger charge is -2.34. The maximum atomic E-state index is 5.64. The minimum Gasteiger partial charge on any atom is -0.481 e. The molecule has 4 aromatic rings. The highest BCUT2D eigenvalue weighted by Gasteiger charge is 2.23. The molecule has 1 aliphatic rings. The van der Waals surface area contributed by atoms with Crippen molar-refractivity contribution in [2.24, 2.45) is 0 Å². The normalized spacial score (nSPS) is 16.6. The molecule has 1 N–H and O–H groups in total. The molecule has 0 spiro atoms. The van der Waals surface area contributed by atoms with Crippen molar-refractivity contribution >= 4 is 16.7 Å². The van der Waals surface area contributed by atoms with Gasteiger partial charge in [0.1, 0.15) is 17.0 Å². The summed E-state index contributed by atoms with van der Waals surface area (Å²) in [6.07, 6.45) is 5.38. The second-order valence-electron chi connectivity index (χ2n) is 7.72. The van der Waals surface area contributed by atoms with Gasteiger partial charge in [-0.1, -0.05) is 0 Å². The van der Waals surface area contributed by atoms with Crippen LogP contribution in [0.15, 0.2) is 42.9 Å². The SMILES string of the molecule is COc1ncc(-c2cc(N3CCOCC3C)nc3c(-c4ccn[nH]4)nccc23)cc1C. The highest BCUT2D eigenvalue weighted by Crippen LogP contribution is 2.36. The van der Waals surface area contributed by atoms with E-state index in [0.717, 1.165) is 51.3 Å². The Morgan fingerprint density at radius 3 is 2.84 bits per heavy atom. The van der Waals surface area contributed by atoms with Crippen LogP contribution in [0.5, 0.6) is 5.88 Å². The Labute approximate surface area is 180 Å². The van der Waals surface area contributed by atoms with Gasteiger partial charge in [-0.2, -0.15) is 5.10 Å². The summed E-state index contributed by atoms with van der Waals surface area (Å²) in [5, 5.41) is 8.13. The zero-order chi connectivity index (χ0) is 21.4. The van der Waals surface area contributed by atoms with E-state index in [9.17, 15) is 0 Å². The summed E-state index contributed by atoms with van der Waals surface area (Å²) in [6.45, 7) is 6.31. The number of morpholine rings is 1. The van der Waals surface area contributed by atoms with Gasteiger partial charge in [-0.3, -0.25) is 10.1 Å². The average molecular weight is 416 g/mol. The standard InChI is InChI=1S/C23H24N6O2/c1-14-10-16(12-25-23(14)30-3)18-11-20(29-8-9-31-13-15(29)2)27-21-17(18)4-6-24-22(21)19-5-7-26-28-19/h4-7,10-12,15H,8-9,13H2,1-3H3,(H,26,28). The molecular weight excluding hydrogens is 392 g/mol. The van der Waals surface area contributed by atoms with E-state index in [4.69, 9.17) is 14.5 Å². The Kier molecular flexibility index (Phi) is 4.99. The van der Waals surface area contributed by atoms with Crippen molar-refractivity contribution in [3.8, 4) is 28.4 Å². The molecule has 5 heterocycles. The first-order valence-electron chi connectivity index (χ1n) is 10.3. The minimum atomic E-state index is 0.231. The zero-order valence-corrected chi connectivity index (χ0v) is 17.8. The summed E-state index contributed by atoms with van der Waals surface area (Å²) in [6, 6.07) is 8.39. The topological polar surface area (TPSA) is 89.0 Å². The molecule has 0 aromatic carbocycles. The molecule has 8 heteroatoms. The largest absolute Gasteiger partial charge is 0.481 e. The molecule has 0 saturated carbocycles. The lowest BCUT2D eigenvalue weighted by atomic mass is 10.00. The van der Waals surface area contributed by atoms with Crippen LogP contribution in [0, 0.1) is 6.92 Å². The van der Waals surface area contributed by atoms with Crippen molar-refractivity contribution in [1.82, 2.24) is 25.1 Å². The first-order chi connectivity index (χ1) is 15.2. The summed E-state index contributed by atoms with van der Waals surface area (Å²) < 4.78 is 11.0. The van der Waals surface area contributed by atoms with Gasteiger partial charge >= 0.3 is 0 Å². The second kappa shape index (κ2) is 7.96. The quantitative estimate of drug-likeness (QED) is 0.543. The maximum absolute atomic E-state index is 5.64. The molecule has 1 aliphatic heterocycles. The summed E-state index contributed by atoms with van der Waals surface area (Å²) in [5.41, 5.74) is 5.48. The Bertz CT molecular complexity index is 1220. The Hall–Kier alpha value is -3.52. The number of aromatic amines is 1. The van der Waals surface area contributed by atoms with Gasteiger partial charge in [0.05, 0.1) is 32.1 Å². The molecule has 1 unspecified atom stereocenters. The first kappa shape index (κ1) is 19.4. The number of aromatic nitrogens is 5. The van der Waals surface area contributed by atoms with E-state index in [-0.39, 0.29) is 6.04 Å². The molecule has 1 saturated heterocycles. The van der Waals surface area contributed by atoms with Gasteiger partial charge in [-0.05, 0) is 43.7 Å². The minimum absolute atomic E-state index is 0.231. The summed E-state index contributed by atoms with van der Waals surface area (Å²) in [4.78, 5) is 16.5. The van der Waals surface area contributed by atoms with Gasteiger partial charge in [0.2, 0.25) is 5.88 Å². The van der Waals surface area contributed by atoms with Crippen LogP contribution in [-0.4, -0.2) is 58.1 Å².